The zero-order valence-electron chi connectivity index (χ0n) is 17.2. The van der Waals surface area contributed by atoms with Crippen LogP contribution in [0.15, 0.2) is 46.9 Å². The third-order valence-corrected chi connectivity index (χ3v) is 5.62. The highest BCUT2D eigenvalue weighted by atomic mass is 79.9. The minimum atomic E-state index is -0.468. The maximum Gasteiger partial charge on any atom is 0.276 e. The van der Waals surface area contributed by atoms with Gasteiger partial charge in [0.25, 0.3) is 11.8 Å². The molecular weight excluding hydrogens is 436 g/mol. The quantitative estimate of drug-likeness (QED) is 0.580. The van der Waals surface area contributed by atoms with Crippen LogP contribution >= 0.6 is 15.9 Å². The number of hydrogen-bond acceptors (Lipinski definition) is 4. The third-order valence-electron chi connectivity index (χ3n) is 4.73. The third kappa shape index (κ3) is 7.09. The number of halogens is 1. The number of hydrogen-bond donors (Lipinski definition) is 2. The smallest absolute Gasteiger partial charge is 0.276 e. The second-order valence-corrected chi connectivity index (χ2v) is 8.20. The molecule has 0 aliphatic carbocycles. The number of carbonyl (C=O) groups excluding carboxylic acids is 2. The van der Waals surface area contributed by atoms with Gasteiger partial charge in [-0.1, -0.05) is 48.8 Å². The van der Waals surface area contributed by atoms with Crippen molar-refractivity contribution in [2.24, 2.45) is 0 Å². The summed E-state index contributed by atoms with van der Waals surface area (Å²) < 4.78 is 11.8. The van der Waals surface area contributed by atoms with Crippen molar-refractivity contribution < 1.29 is 19.1 Å². The molecule has 0 unspecified atom stereocenters. The topological polar surface area (TPSA) is 76.7 Å². The van der Waals surface area contributed by atoms with Crippen molar-refractivity contribution in [3.8, 4) is 11.5 Å². The molecule has 29 heavy (non-hydrogen) atoms. The van der Waals surface area contributed by atoms with Gasteiger partial charge in [0.2, 0.25) is 0 Å². The number of amides is 2. The Hall–Kier alpha value is -2.54. The number of hydrazine groups is 1. The highest BCUT2D eigenvalue weighted by Crippen LogP contribution is 2.28. The summed E-state index contributed by atoms with van der Waals surface area (Å²) >= 11 is 3.40. The average molecular weight is 463 g/mol. The molecule has 0 heterocycles. The lowest BCUT2D eigenvalue weighted by Crippen LogP contribution is -2.45. The van der Waals surface area contributed by atoms with E-state index in [9.17, 15) is 9.59 Å². The molecule has 0 aliphatic rings. The second kappa shape index (κ2) is 10.3. The Balaban J connectivity index is 1.71. The number of carbonyl (C=O) groups is 2. The van der Waals surface area contributed by atoms with E-state index in [4.69, 9.17) is 9.47 Å². The molecule has 0 atom stereocenters. The van der Waals surface area contributed by atoms with E-state index >= 15 is 0 Å². The second-order valence-electron chi connectivity index (χ2n) is 7.35. The van der Waals surface area contributed by atoms with Crippen LogP contribution < -0.4 is 20.3 Å². The summed E-state index contributed by atoms with van der Waals surface area (Å²) in [6.45, 7) is 8.02. The van der Waals surface area contributed by atoms with Crippen molar-refractivity contribution in [3.63, 3.8) is 0 Å². The first-order valence-electron chi connectivity index (χ1n) is 9.41. The zero-order valence-corrected chi connectivity index (χ0v) is 18.8. The highest BCUT2D eigenvalue weighted by Gasteiger charge is 2.17. The summed E-state index contributed by atoms with van der Waals surface area (Å²) in [4.78, 5) is 23.7. The van der Waals surface area contributed by atoms with Gasteiger partial charge in [0.15, 0.2) is 13.2 Å². The predicted molar refractivity (Wildman–Crippen MR) is 116 cm³/mol. The van der Waals surface area contributed by atoms with Crippen LogP contribution in [0, 0.1) is 6.92 Å². The first-order chi connectivity index (χ1) is 13.7. The van der Waals surface area contributed by atoms with Gasteiger partial charge in [0, 0.05) is 4.47 Å². The van der Waals surface area contributed by atoms with E-state index < -0.39 is 11.8 Å². The normalized spacial score (nSPS) is 10.9. The van der Waals surface area contributed by atoms with Gasteiger partial charge in [0.05, 0.1) is 0 Å². The summed E-state index contributed by atoms with van der Waals surface area (Å²) in [6, 6.07) is 13.1. The van der Waals surface area contributed by atoms with E-state index in [2.05, 4.69) is 47.6 Å². The van der Waals surface area contributed by atoms with Gasteiger partial charge in [-0.25, -0.2) is 0 Å². The van der Waals surface area contributed by atoms with Crippen LogP contribution in [-0.4, -0.2) is 25.0 Å². The van der Waals surface area contributed by atoms with E-state index in [0.717, 1.165) is 16.5 Å². The molecule has 156 valence electrons. The van der Waals surface area contributed by atoms with Gasteiger partial charge in [-0.2, -0.15) is 0 Å². The predicted octanol–water partition coefficient (Wildman–Crippen LogP) is 4.05. The van der Waals surface area contributed by atoms with Crippen LogP contribution in [0.4, 0.5) is 0 Å². The molecule has 2 N–H and O–H groups in total. The molecule has 0 aromatic heterocycles. The fraction of sp³-hybridized carbons (Fsp3) is 0.364. The molecule has 0 saturated heterocycles. The van der Waals surface area contributed by atoms with Crippen molar-refractivity contribution >= 4 is 27.7 Å². The highest BCUT2D eigenvalue weighted by molar-refractivity contribution is 9.10. The van der Waals surface area contributed by atoms with E-state index in [0.29, 0.717) is 11.5 Å². The van der Waals surface area contributed by atoms with Gasteiger partial charge >= 0.3 is 0 Å². The van der Waals surface area contributed by atoms with Crippen molar-refractivity contribution in [3.05, 3.63) is 58.1 Å². The number of benzene rings is 2. The largest absolute Gasteiger partial charge is 0.484 e. The Bertz CT molecular complexity index is 850. The SMILES string of the molecule is CCC(C)(C)c1ccc(OCC(=O)NNC(=O)COc2ccc(Br)c(C)c2)cc1. The molecule has 2 aromatic carbocycles. The van der Waals surface area contributed by atoms with Crippen molar-refractivity contribution in [2.75, 3.05) is 13.2 Å². The van der Waals surface area contributed by atoms with E-state index in [1.54, 1.807) is 6.07 Å². The van der Waals surface area contributed by atoms with Crippen LogP contribution in [-0.2, 0) is 15.0 Å². The Morgan fingerprint density at radius 3 is 1.97 bits per heavy atom. The van der Waals surface area contributed by atoms with Gasteiger partial charge in [0.1, 0.15) is 11.5 Å². The van der Waals surface area contributed by atoms with Crippen LogP contribution in [0.1, 0.15) is 38.3 Å². The maximum absolute atomic E-state index is 11.9. The lowest BCUT2D eigenvalue weighted by Gasteiger charge is -2.23. The molecule has 2 aromatic rings. The fourth-order valence-corrected chi connectivity index (χ4v) is 2.67. The molecule has 0 fully saturated rings. The van der Waals surface area contributed by atoms with Gasteiger partial charge in [-0.05, 0) is 60.2 Å². The lowest BCUT2D eigenvalue weighted by atomic mass is 9.82. The Morgan fingerprint density at radius 2 is 1.45 bits per heavy atom. The van der Waals surface area contributed by atoms with Crippen molar-refractivity contribution in [1.82, 2.24) is 10.9 Å². The van der Waals surface area contributed by atoms with E-state index in [1.807, 2.05) is 43.3 Å². The summed E-state index contributed by atoms with van der Waals surface area (Å²) in [5.41, 5.74) is 6.91. The Kier molecular flexibility index (Phi) is 8.08. The minimum Gasteiger partial charge on any atom is -0.484 e. The molecule has 2 rings (SSSR count). The summed E-state index contributed by atoms with van der Waals surface area (Å²) in [5, 5.41) is 0. The molecule has 2 amide bonds. The van der Waals surface area contributed by atoms with Gasteiger partial charge < -0.3 is 9.47 Å². The monoisotopic (exact) mass is 462 g/mol. The number of nitrogens with one attached hydrogen (secondary N) is 2. The van der Waals surface area contributed by atoms with Gasteiger partial charge in [-0.3, -0.25) is 20.4 Å². The maximum atomic E-state index is 11.9. The Morgan fingerprint density at radius 1 is 0.931 bits per heavy atom. The molecular formula is C22H27BrN2O4. The summed E-state index contributed by atoms with van der Waals surface area (Å²) in [5.74, 6) is 0.238. The molecule has 0 spiro atoms. The van der Waals surface area contributed by atoms with E-state index in [-0.39, 0.29) is 18.6 Å². The molecule has 0 bridgehead atoms. The molecule has 0 aliphatic heterocycles. The standard InChI is InChI=1S/C22H27BrN2O4/c1-5-22(3,4)16-6-8-17(9-7-16)28-13-20(26)24-25-21(27)14-29-18-10-11-19(23)15(2)12-18/h6-12H,5,13-14H2,1-4H3,(H,24,26)(H,25,27). The summed E-state index contributed by atoms with van der Waals surface area (Å²) in [7, 11) is 0. The number of ether oxygens (including phenoxy) is 2. The number of aryl methyl sites for hydroxylation is 1. The molecule has 0 radical (unpaired) electrons. The van der Waals surface area contributed by atoms with Crippen LogP contribution in [0.2, 0.25) is 0 Å². The zero-order chi connectivity index (χ0) is 21.4. The molecule has 0 saturated carbocycles. The summed E-state index contributed by atoms with van der Waals surface area (Å²) in [6.07, 6.45) is 1.03. The average Bonchev–Trinajstić information content (AvgIpc) is 2.71. The van der Waals surface area contributed by atoms with E-state index in [1.165, 1.54) is 5.56 Å². The lowest BCUT2D eigenvalue weighted by molar-refractivity contribution is -0.131. The minimum absolute atomic E-state index is 0.0944. The molecule has 6 nitrogen and oxygen atoms in total. The van der Waals surface area contributed by atoms with Crippen LogP contribution in [0.5, 0.6) is 11.5 Å². The fourth-order valence-electron chi connectivity index (χ4n) is 2.42. The first kappa shape index (κ1) is 22.7. The number of rotatable bonds is 8. The molecule has 7 heteroatoms. The van der Waals surface area contributed by atoms with Crippen LogP contribution in [0.3, 0.4) is 0 Å². The van der Waals surface area contributed by atoms with Crippen LogP contribution in [0.25, 0.3) is 0 Å². The first-order valence-corrected chi connectivity index (χ1v) is 10.2. The van der Waals surface area contributed by atoms with Crippen molar-refractivity contribution in [1.29, 1.82) is 0 Å². The van der Waals surface area contributed by atoms with Gasteiger partial charge in [-0.15, -0.1) is 0 Å². The van der Waals surface area contributed by atoms with Crippen molar-refractivity contribution in [2.45, 2.75) is 39.5 Å². The Labute approximate surface area is 180 Å².